The van der Waals surface area contributed by atoms with E-state index in [1.165, 1.54) is 45.7 Å². The van der Waals surface area contributed by atoms with Crippen molar-refractivity contribution >= 4 is 138 Å². The highest BCUT2D eigenvalue weighted by Gasteiger charge is 2.31. The van der Waals surface area contributed by atoms with Gasteiger partial charge < -0.3 is 64.9 Å². The third-order valence-electron chi connectivity index (χ3n) is 19.4. The monoisotopic (exact) mass is 1680 g/mol. The van der Waals surface area contributed by atoms with Gasteiger partial charge in [-0.15, -0.1) is 0 Å². The number of likely N-dealkylation sites (tertiary alicyclic amines) is 1. The van der Waals surface area contributed by atoms with E-state index >= 15 is 8.78 Å². The summed E-state index contributed by atoms with van der Waals surface area (Å²) >= 11 is 27.3. The fourth-order valence-corrected chi connectivity index (χ4v) is 14.9. The summed E-state index contributed by atoms with van der Waals surface area (Å²) in [5.41, 5.74) is 10.4. The molecule has 5 aromatic carbocycles. The Labute approximate surface area is 694 Å². The number of rotatable bonds is 23. The molecule has 606 valence electrons. The number of aromatic nitrogens is 12. The van der Waals surface area contributed by atoms with Crippen molar-refractivity contribution in [1.29, 1.82) is 0 Å². The molecule has 1 fully saturated rings. The lowest BCUT2D eigenvalue weighted by Gasteiger charge is -2.30. The van der Waals surface area contributed by atoms with Crippen LogP contribution in [0.15, 0.2) is 160 Å². The Morgan fingerprint density at radius 3 is 1.43 bits per heavy atom. The van der Waals surface area contributed by atoms with Crippen LogP contribution in [0.3, 0.4) is 0 Å². The average Bonchev–Trinajstić information content (AvgIpc) is 1.64. The average molecular weight is 1680 g/mol. The number of halogens is 6. The number of nitrogens with one attached hydrogen (secondary N) is 5. The van der Waals surface area contributed by atoms with Crippen molar-refractivity contribution in [2.24, 2.45) is 5.90 Å². The van der Waals surface area contributed by atoms with E-state index in [2.05, 4.69) is 69.5 Å². The van der Waals surface area contributed by atoms with E-state index in [0.29, 0.717) is 159 Å². The molecule has 118 heavy (non-hydrogen) atoms. The van der Waals surface area contributed by atoms with Gasteiger partial charge in [-0.2, -0.15) is 20.8 Å². The summed E-state index contributed by atoms with van der Waals surface area (Å²) in [6, 6.07) is 24.4. The summed E-state index contributed by atoms with van der Waals surface area (Å²) in [5.74, 6) is 5.24. The molecule has 0 spiro atoms. The molecule has 15 rings (SSSR count). The summed E-state index contributed by atoms with van der Waals surface area (Å²) in [4.78, 5) is 86.2. The number of hydrogen-bond acceptors (Lipinski definition) is 23. The number of carbonyl (C=O) groups excluding carboxylic acids is 3. The van der Waals surface area contributed by atoms with Crippen molar-refractivity contribution in [2.75, 3.05) is 112 Å². The highest BCUT2D eigenvalue weighted by molar-refractivity contribution is 6.42. The first-order chi connectivity index (χ1) is 57.0. The smallest absolute Gasteiger partial charge is 0.247 e. The Bertz CT molecular complexity index is 6210. The molecule has 9 aromatic heterocycles. The van der Waals surface area contributed by atoms with Crippen molar-refractivity contribution in [2.45, 2.75) is 25.3 Å². The van der Waals surface area contributed by atoms with Gasteiger partial charge in [0, 0.05) is 175 Å². The molecule has 7 N–H and O–H groups in total. The van der Waals surface area contributed by atoms with E-state index in [4.69, 9.17) is 95.9 Å². The first kappa shape index (κ1) is 82.9. The molecule has 29 nitrogen and oxygen atoms in total. The van der Waals surface area contributed by atoms with Crippen LogP contribution in [0.25, 0.3) is 106 Å². The quantitative estimate of drug-likeness (QED) is 0.0256. The lowest BCUT2D eigenvalue weighted by atomic mass is 9.94. The molecule has 0 saturated carbocycles. The fourth-order valence-electron chi connectivity index (χ4n) is 13.5. The molecule has 3 amide bonds. The molecule has 1 aliphatic heterocycles. The molecule has 1 saturated heterocycles. The van der Waals surface area contributed by atoms with E-state index in [-0.39, 0.29) is 40.6 Å². The molecular formula is C83H78Cl4F2N20O9. The Kier molecular flexibility index (Phi) is 25.3. The van der Waals surface area contributed by atoms with Gasteiger partial charge in [-0.25, -0.2) is 38.7 Å². The summed E-state index contributed by atoms with van der Waals surface area (Å²) in [7, 11) is 16.5. The van der Waals surface area contributed by atoms with E-state index < -0.39 is 22.9 Å². The number of likely N-dealkylation sites (N-methyl/N-ethyl adjacent to an activating group) is 1. The van der Waals surface area contributed by atoms with Crippen LogP contribution in [0, 0.1) is 11.6 Å². The maximum absolute atomic E-state index is 15.5. The minimum atomic E-state index is -1.02. The number of hydrogen-bond donors (Lipinski definition) is 6. The molecule has 14 aromatic rings. The topological polar surface area (TPSA) is 328 Å². The van der Waals surface area contributed by atoms with Crippen LogP contribution in [-0.4, -0.2) is 176 Å². The number of imidazole rings is 3. The summed E-state index contributed by atoms with van der Waals surface area (Å²) < 4.78 is 63.6. The fraction of sp³-hybridized carbons (Fsp3) is 0.205. The molecule has 35 heteroatoms. The number of methoxy groups -OCH3 is 5. The predicted octanol–water partition coefficient (Wildman–Crippen LogP) is 15.2. The zero-order chi connectivity index (χ0) is 83.9. The van der Waals surface area contributed by atoms with Crippen LogP contribution >= 0.6 is 46.4 Å². The van der Waals surface area contributed by atoms with Crippen molar-refractivity contribution in [1.82, 2.24) is 73.2 Å². The number of carbonyl (C=O) groups is 3. The van der Waals surface area contributed by atoms with Gasteiger partial charge in [-0.05, 0) is 81.1 Å². The maximum atomic E-state index is 15.5. The number of anilines is 4. The Morgan fingerprint density at radius 1 is 0.542 bits per heavy atom. The van der Waals surface area contributed by atoms with Gasteiger partial charge in [-0.3, -0.25) is 27.6 Å². The Hall–Kier alpha value is -13.0. The van der Waals surface area contributed by atoms with Crippen LogP contribution in [0.1, 0.15) is 30.0 Å². The van der Waals surface area contributed by atoms with Crippen molar-refractivity contribution in [3.63, 3.8) is 0 Å². The molecule has 1 aliphatic rings. The zero-order valence-electron chi connectivity index (χ0n) is 65.4. The van der Waals surface area contributed by atoms with Gasteiger partial charge in [0.25, 0.3) is 0 Å². The van der Waals surface area contributed by atoms with Gasteiger partial charge >= 0.3 is 0 Å². The van der Waals surface area contributed by atoms with Gasteiger partial charge in [-0.1, -0.05) is 96.0 Å². The Morgan fingerprint density at radius 2 is 0.983 bits per heavy atom. The number of ether oxygens (including phenoxy) is 5. The van der Waals surface area contributed by atoms with Gasteiger partial charge in [0.2, 0.25) is 35.6 Å². The number of benzene rings is 5. The first-order valence-electron chi connectivity index (χ1n) is 36.4. The van der Waals surface area contributed by atoms with E-state index in [1.54, 1.807) is 101 Å². The first-order valence-corrected chi connectivity index (χ1v) is 37.9. The third-order valence-corrected chi connectivity index (χ3v) is 20.9. The molecule has 0 atom stereocenters. The van der Waals surface area contributed by atoms with Crippen LogP contribution in [0.4, 0.5) is 32.3 Å². The largest absolute Gasteiger partial charge is 0.495 e. The lowest BCUT2D eigenvalue weighted by Crippen LogP contribution is -2.37. The van der Waals surface area contributed by atoms with Gasteiger partial charge in [0.05, 0.1) is 78.3 Å². The zero-order valence-corrected chi connectivity index (χ0v) is 68.4. The van der Waals surface area contributed by atoms with Gasteiger partial charge in [0.1, 0.15) is 39.9 Å². The number of amides is 3. The van der Waals surface area contributed by atoms with Gasteiger partial charge in [0.15, 0.2) is 40.1 Å². The molecule has 0 unspecified atom stereocenters. The molecule has 0 aliphatic carbocycles. The second-order valence-electron chi connectivity index (χ2n) is 26.8. The summed E-state index contributed by atoms with van der Waals surface area (Å²) in [5, 5.41) is 17.7. The number of nitrogens with two attached hydrogens (primary N) is 1. The molecular weight excluding hydrogens is 1600 g/mol. The Balaban J connectivity index is 0.000000154. The molecule has 0 radical (unpaired) electrons. The maximum Gasteiger partial charge on any atom is 0.247 e. The van der Waals surface area contributed by atoms with Crippen molar-refractivity contribution < 1.29 is 51.7 Å². The lowest BCUT2D eigenvalue weighted by molar-refractivity contribution is -0.127. The highest BCUT2D eigenvalue weighted by atomic mass is 35.5. The third kappa shape index (κ3) is 16.7. The van der Waals surface area contributed by atoms with E-state index in [1.807, 2.05) is 87.6 Å². The molecule has 0 bridgehead atoms. The molecule has 10 heterocycles. The van der Waals surface area contributed by atoms with Crippen LogP contribution in [-0.2, 0) is 20.9 Å². The second kappa shape index (κ2) is 36.0. The standard InChI is InChI=1S/C29H33Cl2N7O3.C28H24Cl2N6O3.C26H21F2N7O3/c1-32-29-33-15-18-13-19(24-25(30)21(40-4)14-22(41-5)26(24)31)28-34-20(16-38(28)27(18)35-29)17-8-11-37(12-9-17)23(39)7-6-10-36(2)3;1-5-22(37)32-12-15-7-6-8-16(9-15)19-14-36-26-17(13-33-28(31-2)35-26)10-18(27(36)34-19)23-24(29)20(38-3)11-21(39-4)25(23)30;1-4-20(36)32-15-7-5-13(6-8-15)17-12-35-24-14(11-31-26(30-2)34-24)9-16(25(35)33-17)21-22(27)18(37-3)10-19(38-29)23(21)28/h6-7,13-17H,8-12H2,1-5H3,(H,32,33,35);5-11,13-14H,1,12H2,2-4H3,(H,32,37)(H,31,33,35);4-12H,1,29H2,2-3H3,(H,32,36)(H,30,31,34)/b7-6+;;. The summed E-state index contributed by atoms with van der Waals surface area (Å²) in [6.07, 6.45) is 18.2. The van der Waals surface area contributed by atoms with Crippen molar-refractivity contribution in [3.05, 3.63) is 203 Å². The SMILES string of the molecule is C=CC(=O)NCc1cccc(-c2cn3c(n2)c(-c2c(Cl)c(OC)cc(OC)c2Cl)cc2cnc(NC)nc23)c1.C=CC(=O)Nc1ccc(-c2cn3c(n2)c(-c2c(F)c(OC)cc(ON)c2F)cc2cnc(NC)nc23)cc1.CNc1ncc2cc(-c3c(Cl)c(OC)cc(OC)c3Cl)c3nc(C4CCN(C(=O)/C=C/CN(C)C)CC4)cn3c2n1. The number of fused-ring (bicyclic) bond motifs is 9. The predicted molar refractivity (Wildman–Crippen MR) is 455 cm³/mol. The minimum Gasteiger partial charge on any atom is -0.495 e. The van der Waals surface area contributed by atoms with Crippen LogP contribution in [0.2, 0.25) is 20.1 Å². The second-order valence-corrected chi connectivity index (χ2v) is 28.3. The number of pyridine rings is 3. The van der Waals surface area contributed by atoms with Crippen LogP contribution in [0.5, 0.6) is 34.5 Å². The normalized spacial score (nSPS) is 12.2. The highest BCUT2D eigenvalue weighted by Crippen LogP contribution is 2.50. The number of piperidine rings is 1. The summed E-state index contributed by atoms with van der Waals surface area (Å²) in [6.45, 7) is 9.33. The van der Waals surface area contributed by atoms with Crippen LogP contribution < -0.4 is 61.0 Å². The minimum absolute atomic E-state index is 0.0427. The van der Waals surface area contributed by atoms with Crippen molar-refractivity contribution in [3.8, 4) is 90.4 Å². The van der Waals surface area contributed by atoms with E-state index in [9.17, 15) is 14.4 Å². The number of nitrogens with zero attached hydrogens (tertiary/aromatic N) is 14. The van der Waals surface area contributed by atoms with E-state index in [0.717, 1.165) is 53.0 Å².